The molecule has 1 rings (SSSR count). The first kappa shape index (κ1) is 14.0. The Balaban J connectivity index is 0.00000169. The monoisotopic (exact) mass is 255 g/mol. The van der Waals surface area contributed by atoms with E-state index in [1.165, 1.54) is 0 Å². The topological polar surface area (TPSA) is 46.2 Å². The zero-order valence-electron chi connectivity index (χ0n) is 7.41. The molecule has 80 valence electrons. The first-order valence-corrected chi connectivity index (χ1v) is 4.69. The van der Waals surface area contributed by atoms with E-state index in [4.69, 9.17) is 34.0 Å². The van der Waals surface area contributed by atoms with Crippen molar-refractivity contribution in [3.05, 3.63) is 33.8 Å². The predicted octanol–water partition coefficient (Wildman–Crippen LogP) is 2.28. The minimum Gasteiger partial charge on any atom is -0.395 e. The molecule has 0 spiro atoms. The van der Waals surface area contributed by atoms with Crippen LogP contribution in [-0.2, 0) is 6.42 Å². The van der Waals surface area contributed by atoms with E-state index in [0.29, 0.717) is 16.5 Å². The number of rotatable bonds is 3. The number of aliphatic hydroxyl groups excluding tert-OH is 1. The van der Waals surface area contributed by atoms with Gasteiger partial charge in [-0.3, -0.25) is 0 Å². The Morgan fingerprint density at radius 1 is 1.29 bits per heavy atom. The number of halogens is 3. The van der Waals surface area contributed by atoms with Crippen molar-refractivity contribution in [3.8, 4) is 0 Å². The van der Waals surface area contributed by atoms with Crippen LogP contribution in [0.5, 0.6) is 0 Å². The lowest BCUT2D eigenvalue weighted by atomic mass is 10.1. The number of aliphatic hydroxyl groups is 1. The van der Waals surface area contributed by atoms with Gasteiger partial charge in [-0.25, -0.2) is 0 Å². The number of nitrogens with two attached hydrogens (primary N) is 1. The van der Waals surface area contributed by atoms with Crippen molar-refractivity contribution in [2.75, 3.05) is 6.61 Å². The van der Waals surface area contributed by atoms with Crippen LogP contribution in [0.4, 0.5) is 0 Å². The Morgan fingerprint density at radius 3 is 2.43 bits per heavy atom. The van der Waals surface area contributed by atoms with Crippen molar-refractivity contribution in [1.29, 1.82) is 0 Å². The fourth-order valence-corrected chi connectivity index (χ4v) is 1.35. The van der Waals surface area contributed by atoms with E-state index in [2.05, 4.69) is 0 Å². The second-order valence-corrected chi connectivity index (χ2v) is 3.71. The van der Waals surface area contributed by atoms with Crippen molar-refractivity contribution < 1.29 is 5.11 Å². The summed E-state index contributed by atoms with van der Waals surface area (Å²) in [5, 5.41) is 9.78. The second kappa shape index (κ2) is 6.49. The van der Waals surface area contributed by atoms with Gasteiger partial charge in [0.25, 0.3) is 0 Å². The fraction of sp³-hybridized carbons (Fsp3) is 0.333. The molecule has 5 heteroatoms. The Kier molecular flexibility index (Phi) is 6.49. The second-order valence-electron chi connectivity index (χ2n) is 2.90. The van der Waals surface area contributed by atoms with E-state index in [0.717, 1.165) is 5.56 Å². The molecule has 0 aliphatic carbocycles. The van der Waals surface area contributed by atoms with Gasteiger partial charge in [-0.05, 0) is 24.1 Å². The highest BCUT2D eigenvalue weighted by Gasteiger charge is 2.04. The molecule has 0 radical (unpaired) electrons. The van der Waals surface area contributed by atoms with Gasteiger partial charge in [0.1, 0.15) is 0 Å². The van der Waals surface area contributed by atoms with Crippen molar-refractivity contribution in [3.63, 3.8) is 0 Å². The van der Waals surface area contributed by atoms with Crippen LogP contribution in [0.3, 0.4) is 0 Å². The van der Waals surface area contributed by atoms with E-state index in [-0.39, 0.29) is 25.1 Å². The lowest BCUT2D eigenvalue weighted by molar-refractivity contribution is 0.265. The van der Waals surface area contributed by atoms with Crippen molar-refractivity contribution >= 4 is 35.6 Å². The van der Waals surface area contributed by atoms with Gasteiger partial charge in [0.15, 0.2) is 0 Å². The van der Waals surface area contributed by atoms with Crippen LogP contribution in [0.15, 0.2) is 18.2 Å². The first-order valence-electron chi connectivity index (χ1n) is 3.94. The molecule has 0 fully saturated rings. The molecule has 0 unspecified atom stereocenters. The van der Waals surface area contributed by atoms with Crippen LogP contribution in [-0.4, -0.2) is 17.8 Å². The molecule has 0 bridgehead atoms. The minimum absolute atomic E-state index is 0. The van der Waals surface area contributed by atoms with Crippen LogP contribution in [0.2, 0.25) is 10.0 Å². The first-order chi connectivity index (χ1) is 6.13. The van der Waals surface area contributed by atoms with Gasteiger partial charge in [0.05, 0.1) is 16.7 Å². The summed E-state index contributed by atoms with van der Waals surface area (Å²) in [7, 11) is 0. The summed E-state index contributed by atoms with van der Waals surface area (Å²) in [5.74, 6) is 0. The molecule has 2 nitrogen and oxygen atoms in total. The average Bonchev–Trinajstić information content (AvgIpc) is 2.11. The van der Waals surface area contributed by atoms with E-state index in [1.54, 1.807) is 12.1 Å². The third-order valence-electron chi connectivity index (χ3n) is 1.72. The minimum atomic E-state index is -0.239. The zero-order valence-corrected chi connectivity index (χ0v) is 9.74. The predicted molar refractivity (Wildman–Crippen MR) is 62.5 cm³/mol. The van der Waals surface area contributed by atoms with Crippen LogP contribution in [0.25, 0.3) is 0 Å². The van der Waals surface area contributed by atoms with Crippen molar-refractivity contribution in [2.24, 2.45) is 5.73 Å². The summed E-state index contributed by atoms with van der Waals surface area (Å²) in [4.78, 5) is 0. The summed E-state index contributed by atoms with van der Waals surface area (Å²) in [6.45, 7) is -0.0275. The van der Waals surface area contributed by atoms with Gasteiger partial charge < -0.3 is 10.8 Å². The highest BCUT2D eigenvalue weighted by molar-refractivity contribution is 6.42. The Morgan fingerprint density at radius 2 is 1.93 bits per heavy atom. The van der Waals surface area contributed by atoms with Gasteiger partial charge in [-0.1, -0.05) is 29.3 Å². The molecule has 1 atom stereocenters. The van der Waals surface area contributed by atoms with Crippen LogP contribution in [0.1, 0.15) is 5.56 Å². The molecule has 14 heavy (non-hydrogen) atoms. The highest BCUT2D eigenvalue weighted by Crippen LogP contribution is 2.22. The molecular weight excluding hydrogens is 244 g/mol. The molecule has 0 saturated carbocycles. The van der Waals surface area contributed by atoms with Gasteiger partial charge in [-0.2, -0.15) is 0 Å². The third-order valence-corrected chi connectivity index (χ3v) is 2.46. The molecule has 1 aromatic rings. The van der Waals surface area contributed by atoms with E-state index in [1.807, 2.05) is 6.07 Å². The van der Waals surface area contributed by atoms with Crippen molar-refractivity contribution in [1.82, 2.24) is 0 Å². The standard InChI is InChI=1S/C9H11Cl2NO.ClH/c10-8-2-1-6(4-9(8)11)3-7(12)5-13;/h1-2,4,7,13H,3,5,12H2;1H/t7-;/m1./s1. The van der Waals surface area contributed by atoms with Crippen LogP contribution >= 0.6 is 35.6 Å². The lowest BCUT2D eigenvalue weighted by Gasteiger charge is -2.08. The number of hydrogen-bond donors (Lipinski definition) is 2. The zero-order chi connectivity index (χ0) is 9.84. The van der Waals surface area contributed by atoms with Crippen LogP contribution < -0.4 is 5.73 Å². The summed E-state index contributed by atoms with van der Waals surface area (Å²) in [6, 6.07) is 5.10. The Hall–Kier alpha value is 0.01000. The van der Waals surface area contributed by atoms with Gasteiger partial charge >= 0.3 is 0 Å². The van der Waals surface area contributed by atoms with Crippen molar-refractivity contribution in [2.45, 2.75) is 12.5 Å². The molecule has 0 heterocycles. The van der Waals surface area contributed by atoms with Gasteiger partial charge in [0, 0.05) is 6.04 Å². The van der Waals surface area contributed by atoms with Gasteiger partial charge in [0.2, 0.25) is 0 Å². The number of hydrogen-bond acceptors (Lipinski definition) is 2. The fourth-order valence-electron chi connectivity index (χ4n) is 1.03. The quantitative estimate of drug-likeness (QED) is 0.871. The highest BCUT2D eigenvalue weighted by atomic mass is 35.5. The molecule has 3 N–H and O–H groups in total. The largest absolute Gasteiger partial charge is 0.395 e. The van der Waals surface area contributed by atoms with E-state index >= 15 is 0 Å². The molecule has 0 saturated heterocycles. The van der Waals surface area contributed by atoms with E-state index < -0.39 is 0 Å². The summed E-state index contributed by atoms with van der Waals surface area (Å²) < 4.78 is 0. The normalized spacial score (nSPS) is 12.0. The lowest BCUT2D eigenvalue weighted by Crippen LogP contribution is -2.26. The summed E-state index contributed by atoms with van der Waals surface area (Å²) >= 11 is 11.5. The van der Waals surface area contributed by atoms with E-state index in [9.17, 15) is 0 Å². The maximum absolute atomic E-state index is 8.74. The van der Waals surface area contributed by atoms with Gasteiger partial charge in [-0.15, -0.1) is 12.4 Å². The molecular formula is C9H12Cl3NO. The molecule has 0 aliphatic rings. The Bertz CT molecular complexity index is 293. The molecule has 0 aromatic heterocycles. The number of benzene rings is 1. The average molecular weight is 257 g/mol. The summed E-state index contributed by atoms with van der Waals surface area (Å²) in [5.41, 5.74) is 6.55. The maximum atomic E-state index is 8.74. The Labute approximate surface area is 99.4 Å². The summed E-state index contributed by atoms with van der Waals surface area (Å²) in [6.07, 6.45) is 0.605. The SMILES string of the molecule is Cl.N[C@@H](CO)Cc1ccc(Cl)c(Cl)c1. The molecule has 0 aliphatic heterocycles. The third kappa shape index (κ3) is 4.03. The molecule has 1 aromatic carbocycles. The molecule has 0 amide bonds. The smallest absolute Gasteiger partial charge is 0.0595 e. The maximum Gasteiger partial charge on any atom is 0.0595 e. The van der Waals surface area contributed by atoms with Crippen LogP contribution in [0, 0.1) is 0 Å².